The molecule has 1 aliphatic heterocycles. The van der Waals surface area contributed by atoms with E-state index in [1.807, 2.05) is 37.3 Å². The highest BCUT2D eigenvalue weighted by Gasteiger charge is 2.54. The third-order valence-electron chi connectivity index (χ3n) is 8.62. The van der Waals surface area contributed by atoms with E-state index in [1.54, 1.807) is 0 Å². The number of hydrogen-bond acceptors (Lipinski definition) is 3. The Kier molecular flexibility index (Phi) is 5.02. The molecule has 4 heteroatoms. The molecule has 0 aromatic heterocycles. The summed E-state index contributed by atoms with van der Waals surface area (Å²) in [6, 6.07) is 14.9. The fourth-order valence-electron chi connectivity index (χ4n) is 6.87. The molecule has 2 saturated carbocycles. The molecule has 3 fully saturated rings. The topological polar surface area (TPSA) is 41.6 Å². The van der Waals surface area contributed by atoms with Crippen molar-refractivity contribution in [2.45, 2.75) is 69.7 Å². The Morgan fingerprint density at radius 2 is 1.94 bits per heavy atom. The molecular formula is C28H34N2O2. The Labute approximate surface area is 191 Å². The van der Waals surface area contributed by atoms with Crippen molar-refractivity contribution in [1.82, 2.24) is 4.90 Å². The lowest BCUT2D eigenvalue weighted by atomic mass is 9.52. The normalized spacial score (nSPS) is 29.0. The number of nitrogens with one attached hydrogen (secondary N) is 1. The molecule has 2 unspecified atom stereocenters. The van der Waals surface area contributed by atoms with Gasteiger partial charge in [-0.15, -0.1) is 0 Å². The van der Waals surface area contributed by atoms with Crippen molar-refractivity contribution >= 4 is 11.8 Å². The minimum atomic E-state index is -0.417. The van der Waals surface area contributed by atoms with Gasteiger partial charge >= 0.3 is 6.09 Å². The molecule has 3 atom stereocenters. The van der Waals surface area contributed by atoms with Gasteiger partial charge in [-0.25, -0.2) is 4.79 Å². The van der Waals surface area contributed by atoms with E-state index in [9.17, 15) is 4.79 Å². The first-order valence-electron chi connectivity index (χ1n) is 12.5. The van der Waals surface area contributed by atoms with Crippen LogP contribution in [0.5, 0.6) is 5.75 Å². The molecule has 0 radical (unpaired) electrons. The van der Waals surface area contributed by atoms with Gasteiger partial charge in [-0.1, -0.05) is 36.6 Å². The summed E-state index contributed by atoms with van der Waals surface area (Å²) in [5, 5.41) is 2.86. The van der Waals surface area contributed by atoms with Crippen LogP contribution in [-0.2, 0) is 11.8 Å². The summed E-state index contributed by atoms with van der Waals surface area (Å²) in [5.74, 6) is 2.38. The average Bonchev–Trinajstić information content (AvgIpc) is 3.62. The lowest BCUT2D eigenvalue weighted by Crippen LogP contribution is -2.61. The predicted molar refractivity (Wildman–Crippen MR) is 127 cm³/mol. The minimum absolute atomic E-state index is 0.281. The molecule has 4 nitrogen and oxygen atoms in total. The SMILES string of the molecule is Cc1ccc(NC(=O)Oc2ccc3c(c2)[C@@]24CCCCC2C(C3)N(CC2CC2)CC4)cc1. The van der Waals surface area contributed by atoms with Crippen molar-refractivity contribution in [2.24, 2.45) is 11.8 Å². The monoisotopic (exact) mass is 430 g/mol. The van der Waals surface area contributed by atoms with Crippen molar-refractivity contribution in [1.29, 1.82) is 0 Å². The molecule has 0 spiro atoms. The zero-order valence-electron chi connectivity index (χ0n) is 19.1. The lowest BCUT2D eigenvalue weighted by Gasteiger charge is -2.59. The van der Waals surface area contributed by atoms with Crippen LogP contribution in [0.15, 0.2) is 42.5 Å². The van der Waals surface area contributed by atoms with Crippen LogP contribution in [0, 0.1) is 18.8 Å². The van der Waals surface area contributed by atoms with E-state index in [-0.39, 0.29) is 5.41 Å². The molecule has 1 heterocycles. The maximum atomic E-state index is 12.5. The molecular weight excluding hydrogens is 396 g/mol. The van der Waals surface area contributed by atoms with Crippen LogP contribution in [0.4, 0.5) is 10.5 Å². The van der Waals surface area contributed by atoms with Crippen LogP contribution < -0.4 is 10.1 Å². The summed E-state index contributed by atoms with van der Waals surface area (Å²) in [6.07, 6.45) is 10.2. The first-order valence-corrected chi connectivity index (χ1v) is 12.5. The predicted octanol–water partition coefficient (Wildman–Crippen LogP) is 6.07. The van der Waals surface area contributed by atoms with E-state index in [2.05, 4.69) is 22.3 Å². The van der Waals surface area contributed by atoms with Gasteiger partial charge in [0, 0.05) is 23.7 Å². The fraction of sp³-hybridized carbons (Fsp3) is 0.536. The number of carbonyl (C=O) groups excluding carboxylic acids is 1. The Balaban J connectivity index is 1.25. The Morgan fingerprint density at radius 1 is 1.09 bits per heavy atom. The van der Waals surface area contributed by atoms with Crippen LogP contribution in [-0.4, -0.2) is 30.1 Å². The number of likely N-dealkylation sites (tertiary alicyclic amines) is 1. The third-order valence-corrected chi connectivity index (χ3v) is 8.62. The summed E-state index contributed by atoms with van der Waals surface area (Å²) >= 11 is 0. The van der Waals surface area contributed by atoms with E-state index < -0.39 is 6.09 Å². The first-order chi connectivity index (χ1) is 15.6. The van der Waals surface area contributed by atoms with Gasteiger partial charge in [0.15, 0.2) is 0 Å². The molecule has 2 aromatic carbocycles. The number of hydrogen-bond donors (Lipinski definition) is 1. The van der Waals surface area contributed by atoms with Crippen molar-refractivity contribution in [2.75, 3.05) is 18.4 Å². The summed E-state index contributed by atoms with van der Waals surface area (Å²) < 4.78 is 5.75. The third kappa shape index (κ3) is 3.63. The van der Waals surface area contributed by atoms with Crippen molar-refractivity contribution in [3.05, 3.63) is 59.2 Å². The smallest absolute Gasteiger partial charge is 0.410 e. The first kappa shape index (κ1) is 20.3. The highest BCUT2D eigenvalue weighted by molar-refractivity contribution is 5.86. The maximum Gasteiger partial charge on any atom is 0.417 e. The highest BCUT2D eigenvalue weighted by Crippen LogP contribution is 2.56. The van der Waals surface area contributed by atoms with Gasteiger partial charge in [0.25, 0.3) is 0 Å². The van der Waals surface area contributed by atoms with Gasteiger partial charge in [0.05, 0.1) is 0 Å². The van der Waals surface area contributed by atoms with Gasteiger partial charge in [-0.05, 0) is 99.2 Å². The average molecular weight is 431 g/mol. The number of rotatable bonds is 4. The number of fused-ring (bicyclic) bond motifs is 1. The Hall–Kier alpha value is -2.33. The molecule has 168 valence electrons. The highest BCUT2D eigenvalue weighted by atomic mass is 16.6. The second-order valence-electron chi connectivity index (χ2n) is 10.7. The molecule has 3 aliphatic carbocycles. The molecule has 2 bridgehead atoms. The maximum absolute atomic E-state index is 12.5. The zero-order valence-corrected chi connectivity index (χ0v) is 19.1. The van der Waals surface area contributed by atoms with Gasteiger partial charge in [-0.3, -0.25) is 10.2 Å². The summed E-state index contributed by atoms with van der Waals surface area (Å²) in [6.45, 7) is 4.58. The van der Waals surface area contributed by atoms with E-state index in [0.29, 0.717) is 11.8 Å². The standard InChI is InChI=1S/C28H34N2O2/c1-19-5-10-22(11-6-19)29-27(31)32-23-12-9-21-16-26-24-4-2-3-13-28(24,25(21)17-23)14-15-30(26)18-20-7-8-20/h5-6,9-12,17,20,24,26H,2-4,7-8,13-16,18H2,1H3,(H,29,31)/t24?,26?,28-/m1/s1. The van der Waals surface area contributed by atoms with Crippen molar-refractivity contribution in [3.8, 4) is 5.75 Å². The van der Waals surface area contributed by atoms with Crippen LogP contribution in [0.25, 0.3) is 0 Å². The quantitative estimate of drug-likeness (QED) is 0.640. The summed E-state index contributed by atoms with van der Waals surface area (Å²) in [4.78, 5) is 15.4. The fourth-order valence-corrected chi connectivity index (χ4v) is 6.87. The number of aryl methyl sites for hydroxylation is 1. The van der Waals surface area contributed by atoms with Gasteiger partial charge in [0.1, 0.15) is 5.75 Å². The number of carbonyl (C=O) groups is 1. The summed E-state index contributed by atoms with van der Waals surface area (Å²) in [7, 11) is 0. The van der Waals surface area contributed by atoms with E-state index in [4.69, 9.17) is 4.74 Å². The second-order valence-corrected chi connectivity index (χ2v) is 10.7. The van der Waals surface area contributed by atoms with Crippen molar-refractivity contribution in [3.63, 3.8) is 0 Å². The molecule has 2 aromatic rings. The lowest BCUT2D eigenvalue weighted by molar-refractivity contribution is -0.0134. The number of nitrogens with zero attached hydrogens (tertiary/aromatic N) is 1. The number of amides is 1. The molecule has 4 aliphatic rings. The van der Waals surface area contributed by atoms with Gasteiger partial charge in [-0.2, -0.15) is 0 Å². The Morgan fingerprint density at radius 3 is 2.75 bits per heavy atom. The van der Waals surface area contributed by atoms with Gasteiger partial charge < -0.3 is 4.74 Å². The summed E-state index contributed by atoms with van der Waals surface area (Å²) in [5.41, 5.74) is 5.17. The zero-order chi connectivity index (χ0) is 21.7. The van der Waals surface area contributed by atoms with E-state index in [0.717, 1.165) is 23.9 Å². The molecule has 1 N–H and O–H groups in total. The number of benzene rings is 2. The minimum Gasteiger partial charge on any atom is -0.410 e. The Bertz CT molecular complexity index is 1010. The molecule has 1 saturated heterocycles. The van der Waals surface area contributed by atoms with Crippen LogP contribution in [0.2, 0.25) is 0 Å². The second kappa shape index (κ2) is 7.91. The van der Waals surface area contributed by atoms with Crippen molar-refractivity contribution < 1.29 is 9.53 Å². The van der Waals surface area contributed by atoms with E-state index >= 15 is 0 Å². The van der Waals surface area contributed by atoms with Crippen LogP contribution >= 0.6 is 0 Å². The largest absolute Gasteiger partial charge is 0.417 e. The van der Waals surface area contributed by atoms with Crippen LogP contribution in [0.1, 0.15) is 61.6 Å². The number of piperidine rings is 1. The molecule has 1 amide bonds. The number of anilines is 1. The molecule has 32 heavy (non-hydrogen) atoms. The van der Waals surface area contributed by atoms with Gasteiger partial charge in [0.2, 0.25) is 0 Å². The number of ether oxygens (including phenoxy) is 1. The van der Waals surface area contributed by atoms with Crippen LogP contribution in [0.3, 0.4) is 0 Å². The van der Waals surface area contributed by atoms with E-state index in [1.165, 1.54) is 74.7 Å². The molecule has 6 rings (SSSR count).